The van der Waals surface area contributed by atoms with Crippen LogP contribution in [0.3, 0.4) is 0 Å². The molecule has 0 aliphatic carbocycles. The fourth-order valence-corrected chi connectivity index (χ4v) is 3.08. The van der Waals surface area contributed by atoms with Gasteiger partial charge in [0.25, 0.3) is 5.56 Å². The minimum absolute atomic E-state index is 0.212. The summed E-state index contributed by atoms with van der Waals surface area (Å²) in [5.41, 5.74) is 3.65. The van der Waals surface area contributed by atoms with E-state index in [1.165, 1.54) is 10.9 Å². The highest BCUT2D eigenvalue weighted by Gasteiger charge is 2.28. The fourth-order valence-electron chi connectivity index (χ4n) is 3.08. The Morgan fingerprint density at radius 1 is 1.46 bits per heavy atom. The highest BCUT2D eigenvalue weighted by Crippen LogP contribution is 2.31. The van der Waals surface area contributed by atoms with Gasteiger partial charge in [0.1, 0.15) is 5.52 Å². The quantitative estimate of drug-likeness (QED) is 0.678. The topological polar surface area (TPSA) is 70.2 Å². The number of pyridine rings is 1. The lowest BCUT2D eigenvalue weighted by Crippen LogP contribution is -2.32. The van der Waals surface area contributed by atoms with Crippen molar-refractivity contribution in [3.8, 4) is 0 Å². The van der Waals surface area contributed by atoms with E-state index in [1.54, 1.807) is 0 Å². The number of nitrogens with zero attached hydrogens (tertiary/aromatic N) is 3. The predicted molar refractivity (Wildman–Crippen MR) is 91.0 cm³/mol. The molecule has 6 heteroatoms. The third-order valence-electron chi connectivity index (χ3n) is 4.26. The molecule has 0 aromatic carbocycles. The maximum Gasteiger partial charge on any atom is 0.297 e. The molecule has 0 atom stereocenters. The first kappa shape index (κ1) is 15.1. The normalized spacial score (nSPS) is 16.5. The van der Waals surface area contributed by atoms with Crippen molar-refractivity contribution in [2.24, 2.45) is 0 Å². The third kappa shape index (κ3) is 2.34. The predicted octanol–water partition coefficient (Wildman–Crippen LogP) is 2.97. The second kappa shape index (κ2) is 5.01. The molecule has 4 heterocycles. The van der Waals surface area contributed by atoms with Gasteiger partial charge in [-0.3, -0.25) is 9.36 Å². The Morgan fingerprint density at radius 3 is 3.00 bits per heavy atom. The molecule has 0 fully saturated rings. The van der Waals surface area contributed by atoms with Crippen molar-refractivity contribution < 1.29 is 9.15 Å². The molecule has 0 radical (unpaired) electrons. The van der Waals surface area contributed by atoms with Gasteiger partial charge < -0.3 is 9.15 Å². The summed E-state index contributed by atoms with van der Waals surface area (Å²) in [5.74, 6) is 0. The number of rotatable bonds is 2. The molecule has 0 unspecified atom stereocenters. The Balaban J connectivity index is 1.94. The van der Waals surface area contributed by atoms with E-state index in [0.29, 0.717) is 30.8 Å². The first-order valence-electron chi connectivity index (χ1n) is 7.93. The first-order valence-corrected chi connectivity index (χ1v) is 7.93. The lowest BCUT2D eigenvalue weighted by Gasteiger charge is -2.30. The van der Waals surface area contributed by atoms with Crippen LogP contribution in [0.2, 0.25) is 0 Å². The van der Waals surface area contributed by atoms with E-state index < -0.39 is 0 Å². The minimum atomic E-state index is -0.244. The van der Waals surface area contributed by atoms with Crippen LogP contribution in [-0.2, 0) is 24.3 Å². The van der Waals surface area contributed by atoms with E-state index in [4.69, 9.17) is 9.15 Å². The maximum absolute atomic E-state index is 12.6. The van der Waals surface area contributed by atoms with Crippen LogP contribution in [0.15, 0.2) is 33.8 Å². The Morgan fingerprint density at radius 2 is 2.25 bits per heavy atom. The van der Waals surface area contributed by atoms with Crippen molar-refractivity contribution in [2.45, 2.75) is 45.9 Å². The van der Waals surface area contributed by atoms with E-state index in [2.05, 4.69) is 16.5 Å². The lowest BCUT2D eigenvalue weighted by atomic mass is 9.95. The van der Waals surface area contributed by atoms with Crippen LogP contribution in [-0.4, -0.2) is 20.1 Å². The molecule has 0 saturated carbocycles. The smallest absolute Gasteiger partial charge is 0.297 e. The number of hydrogen-bond donors (Lipinski definition) is 0. The van der Waals surface area contributed by atoms with Gasteiger partial charge in [-0.25, -0.2) is 9.97 Å². The molecule has 6 nitrogen and oxygen atoms in total. The van der Waals surface area contributed by atoms with Crippen molar-refractivity contribution in [1.82, 2.24) is 14.5 Å². The van der Waals surface area contributed by atoms with Crippen LogP contribution < -0.4 is 5.56 Å². The van der Waals surface area contributed by atoms with Crippen molar-refractivity contribution >= 4 is 22.2 Å². The molecule has 1 aliphatic heterocycles. The molecule has 0 amide bonds. The van der Waals surface area contributed by atoms with Gasteiger partial charge in [0.15, 0.2) is 0 Å². The molecule has 3 aromatic rings. The summed E-state index contributed by atoms with van der Waals surface area (Å²) < 4.78 is 13.1. The molecule has 124 valence electrons. The second-order valence-electron chi connectivity index (χ2n) is 7.09. The molecule has 0 N–H and O–H groups in total. The number of hydrogen-bond acceptors (Lipinski definition) is 5. The van der Waals surface area contributed by atoms with Gasteiger partial charge in [0, 0.05) is 18.5 Å². The number of fused-ring (bicyclic) bond motifs is 4. The van der Waals surface area contributed by atoms with Crippen LogP contribution in [0.1, 0.15) is 32.0 Å². The zero-order valence-corrected chi connectivity index (χ0v) is 14.0. The van der Waals surface area contributed by atoms with E-state index in [9.17, 15) is 4.79 Å². The van der Waals surface area contributed by atoms with Crippen molar-refractivity contribution in [2.75, 3.05) is 0 Å². The zero-order chi connectivity index (χ0) is 17.1. The average Bonchev–Trinajstić information content (AvgIpc) is 2.85. The summed E-state index contributed by atoms with van der Waals surface area (Å²) in [6.07, 6.45) is 2.25. The highest BCUT2D eigenvalue weighted by molar-refractivity contribution is 6.00. The molecule has 0 spiro atoms. The molecular weight excluding hydrogens is 306 g/mol. The lowest BCUT2D eigenvalue weighted by molar-refractivity contribution is -0.0411. The minimum Gasteiger partial charge on any atom is -0.430 e. The second-order valence-corrected chi connectivity index (χ2v) is 7.09. The standard InChI is InChI=1S/C18H19N3O3/c1-10(2)7-21-9-19-14-12-5-11-8-23-18(3,4)6-13(11)20-16(12)24-15(14)17(21)22/h5,9H,1,6-8H2,2-4H3. The summed E-state index contributed by atoms with van der Waals surface area (Å²) in [5, 5.41) is 0.756. The molecule has 24 heavy (non-hydrogen) atoms. The SMILES string of the molecule is C=C(C)Cn1cnc2c(oc3nc4c(cc32)COC(C)(C)C4)c1=O. The van der Waals surface area contributed by atoms with Gasteiger partial charge in [0.2, 0.25) is 11.3 Å². The molecule has 4 rings (SSSR count). The zero-order valence-electron chi connectivity index (χ0n) is 14.0. The van der Waals surface area contributed by atoms with Gasteiger partial charge in [0.05, 0.1) is 29.6 Å². The Kier molecular flexibility index (Phi) is 3.15. The van der Waals surface area contributed by atoms with Crippen LogP contribution in [0.25, 0.3) is 22.2 Å². The molecule has 1 aliphatic rings. The summed E-state index contributed by atoms with van der Waals surface area (Å²) in [7, 11) is 0. The van der Waals surface area contributed by atoms with Gasteiger partial charge in [-0.05, 0) is 26.8 Å². The van der Waals surface area contributed by atoms with Crippen LogP contribution in [0.5, 0.6) is 0 Å². The number of aromatic nitrogens is 3. The Hall–Kier alpha value is -2.47. The van der Waals surface area contributed by atoms with E-state index >= 15 is 0 Å². The Bertz CT molecular complexity index is 1040. The first-order chi connectivity index (χ1) is 11.3. The molecule has 3 aromatic heterocycles. The summed E-state index contributed by atoms with van der Waals surface area (Å²) in [6, 6.07) is 1.98. The summed E-state index contributed by atoms with van der Waals surface area (Å²) in [6.45, 7) is 10.7. The van der Waals surface area contributed by atoms with E-state index in [0.717, 1.165) is 22.2 Å². The van der Waals surface area contributed by atoms with Crippen LogP contribution in [0.4, 0.5) is 0 Å². The van der Waals surface area contributed by atoms with E-state index in [1.807, 2.05) is 26.8 Å². The number of allylic oxidation sites excluding steroid dienone is 1. The summed E-state index contributed by atoms with van der Waals surface area (Å²) in [4.78, 5) is 21.6. The monoisotopic (exact) mass is 325 g/mol. The Labute approximate surface area is 138 Å². The molecular formula is C18H19N3O3. The molecule has 0 saturated heterocycles. The number of furan rings is 1. The van der Waals surface area contributed by atoms with Gasteiger partial charge >= 0.3 is 0 Å². The third-order valence-corrected chi connectivity index (χ3v) is 4.26. The summed E-state index contributed by atoms with van der Waals surface area (Å²) >= 11 is 0. The van der Waals surface area contributed by atoms with Crippen LogP contribution >= 0.6 is 0 Å². The molecule has 0 bridgehead atoms. The van der Waals surface area contributed by atoms with Crippen molar-refractivity contribution in [3.05, 3.63) is 46.2 Å². The maximum atomic E-state index is 12.6. The van der Waals surface area contributed by atoms with Gasteiger partial charge in [-0.2, -0.15) is 0 Å². The largest absolute Gasteiger partial charge is 0.430 e. The fraction of sp³-hybridized carbons (Fsp3) is 0.389. The average molecular weight is 325 g/mol. The van der Waals surface area contributed by atoms with Gasteiger partial charge in [-0.1, -0.05) is 12.2 Å². The van der Waals surface area contributed by atoms with Gasteiger partial charge in [-0.15, -0.1) is 0 Å². The highest BCUT2D eigenvalue weighted by atomic mass is 16.5. The van der Waals surface area contributed by atoms with Crippen LogP contribution in [0, 0.1) is 0 Å². The van der Waals surface area contributed by atoms with Crippen molar-refractivity contribution in [1.29, 1.82) is 0 Å². The number of ether oxygens (including phenoxy) is 1. The van der Waals surface area contributed by atoms with E-state index in [-0.39, 0.29) is 16.7 Å². The van der Waals surface area contributed by atoms with Crippen molar-refractivity contribution in [3.63, 3.8) is 0 Å².